The summed E-state index contributed by atoms with van der Waals surface area (Å²) in [5.41, 5.74) is 1.66. The van der Waals surface area contributed by atoms with Gasteiger partial charge in [-0.2, -0.15) is 5.10 Å². The van der Waals surface area contributed by atoms with Crippen LogP contribution in [0.5, 0.6) is 0 Å². The number of fused-ring (bicyclic) bond motifs is 2. The van der Waals surface area contributed by atoms with Crippen LogP contribution in [0.3, 0.4) is 0 Å². The second-order valence-electron chi connectivity index (χ2n) is 5.24. The van der Waals surface area contributed by atoms with Crippen molar-refractivity contribution in [2.24, 2.45) is 0 Å². The summed E-state index contributed by atoms with van der Waals surface area (Å²) in [6.45, 7) is 0.435. The molecule has 0 saturated heterocycles. The monoisotopic (exact) mass is 305 g/mol. The van der Waals surface area contributed by atoms with Crippen molar-refractivity contribution in [3.8, 4) is 0 Å². The number of rotatable bonds is 4. The molecule has 0 fully saturated rings. The zero-order valence-corrected chi connectivity index (χ0v) is 12.3. The quantitative estimate of drug-likeness (QED) is 0.606. The number of anilines is 2. The first-order chi connectivity index (χ1) is 11.3. The van der Waals surface area contributed by atoms with E-state index in [-0.39, 0.29) is 6.61 Å². The Hall–Kier alpha value is -2.99. The molecule has 2 aromatic heterocycles. The molecule has 2 heterocycles. The molecule has 0 bridgehead atoms. The number of nitrogens with zero attached hydrogens (tertiary/aromatic N) is 4. The molecule has 2 aromatic carbocycles. The molecule has 0 radical (unpaired) electrons. The van der Waals surface area contributed by atoms with Crippen LogP contribution in [-0.4, -0.2) is 31.5 Å². The Kier molecular flexibility index (Phi) is 3.36. The van der Waals surface area contributed by atoms with Crippen LogP contribution < -0.4 is 5.32 Å². The minimum atomic E-state index is 0.0220. The topological polar surface area (TPSA) is 75.9 Å². The van der Waals surface area contributed by atoms with Gasteiger partial charge in [0.15, 0.2) is 5.65 Å². The molecule has 0 amide bonds. The second kappa shape index (κ2) is 5.66. The highest BCUT2D eigenvalue weighted by atomic mass is 16.3. The van der Waals surface area contributed by atoms with Crippen LogP contribution in [0, 0.1) is 0 Å². The van der Waals surface area contributed by atoms with E-state index < -0.39 is 0 Å². The summed E-state index contributed by atoms with van der Waals surface area (Å²) in [6.07, 6.45) is 3.22. The first kappa shape index (κ1) is 13.7. The molecule has 6 nitrogen and oxygen atoms in total. The lowest BCUT2D eigenvalue weighted by molar-refractivity contribution is 0.271. The Bertz CT molecular complexity index is 979. The van der Waals surface area contributed by atoms with Gasteiger partial charge in [-0.1, -0.05) is 30.3 Å². The van der Waals surface area contributed by atoms with Gasteiger partial charge in [0.25, 0.3) is 0 Å². The average Bonchev–Trinajstić information content (AvgIpc) is 2.99. The van der Waals surface area contributed by atoms with Crippen LogP contribution in [-0.2, 0) is 6.54 Å². The maximum Gasteiger partial charge on any atom is 0.163 e. The van der Waals surface area contributed by atoms with Crippen molar-refractivity contribution in [2.75, 3.05) is 11.9 Å². The minimum absolute atomic E-state index is 0.0220. The third-order valence-corrected chi connectivity index (χ3v) is 3.76. The molecule has 0 aliphatic rings. The Morgan fingerprint density at radius 1 is 1.04 bits per heavy atom. The normalized spacial score (nSPS) is 11.2. The van der Waals surface area contributed by atoms with Gasteiger partial charge >= 0.3 is 0 Å². The van der Waals surface area contributed by atoms with Crippen LogP contribution in [0.1, 0.15) is 0 Å². The number of hydrogen-bond acceptors (Lipinski definition) is 5. The van der Waals surface area contributed by atoms with Crippen LogP contribution in [0.4, 0.5) is 11.5 Å². The summed E-state index contributed by atoms with van der Waals surface area (Å²) < 4.78 is 1.67. The molecule has 0 aliphatic heterocycles. The van der Waals surface area contributed by atoms with Gasteiger partial charge < -0.3 is 10.4 Å². The van der Waals surface area contributed by atoms with E-state index in [1.54, 1.807) is 10.9 Å². The third kappa shape index (κ3) is 2.49. The van der Waals surface area contributed by atoms with Crippen molar-refractivity contribution in [1.82, 2.24) is 19.7 Å². The highest BCUT2D eigenvalue weighted by molar-refractivity contribution is 5.91. The van der Waals surface area contributed by atoms with Gasteiger partial charge in [-0.15, -0.1) is 0 Å². The summed E-state index contributed by atoms with van der Waals surface area (Å²) >= 11 is 0. The van der Waals surface area contributed by atoms with Gasteiger partial charge in [-0.3, -0.25) is 0 Å². The molecule has 4 aromatic rings. The predicted octanol–water partition coefficient (Wildman–Crippen LogP) is 2.72. The molecular formula is C17H15N5O. The number of benzene rings is 2. The van der Waals surface area contributed by atoms with E-state index in [1.807, 2.05) is 18.2 Å². The van der Waals surface area contributed by atoms with Gasteiger partial charge in [0.2, 0.25) is 0 Å². The number of aliphatic hydroxyl groups excluding tert-OH is 1. The fraction of sp³-hybridized carbons (Fsp3) is 0.118. The molecule has 0 atom stereocenters. The lowest BCUT2D eigenvalue weighted by Crippen LogP contribution is -2.04. The molecule has 23 heavy (non-hydrogen) atoms. The molecule has 6 heteroatoms. The Labute approximate surface area is 132 Å². The summed E-state index contributed by atoms with van der Waals surface area (Å²) in [5, 5.41) is 19.9. The van der Waals surface area contributed by atoms with E-state index in [2.05, 4.69) is 44.6 Å². The van der Waals surface area contributed by atoms with Crippen molar-refractivity contribution in [2.45, 2.75) is 6.54 Å². The average molecular weight is 305 g/mol. The standard InChI is InChI=1S/C17H15N5O/c23-8-7-22-17-15(10-20-22)16(18-11-19-17)21-14-6-5-12-3-1-2-4-13(12)9-14/h1-6,9-11,23H,7-8H2,(H,18,19,21). The number of aliphatic hydroxyl groups is 1. The third-order valence-electron chi connectivity index (χ3n) is 3.76. The summed E-state index contributed by atoms with van der Waals surface area (Å²) in [5.74, 6) is 0.703. The first-order valence-electron chi connectivity index (χ1n) is 7.38. The Morgan fingerprint density at radius 3 is 2.78 bits per heavy atom. The van der Waals surface area contributed by atoms with Gasteiger partial charge in [0, 0.05) is 5.69 Å². The maximum absolute atomic E-state index is 9.08. The molecule has 0 unspecified atom stereocenters. The van der Waals surface area contributed by atoms with E-state index in [0.29, 0.717) is 18.0 Å². The number of hydrogen-bond donors (Lipinski definition) is 2. The number of nitrogens with one attached hydrogen (secondary N) is 1. The van der Waals surface area contributed by atoms with E-state index in [9.17, 15) is 0 Å². The smallest absolute Gasteiger partial charge is 0.163 e. The van der Waals surface area contributed by atoms with Crippen molar-refractivity contribution < 1.29 is 5.11 Å². The van der Waals surface area contributed by atoms with E-state index in [0.717, 1.165) is 11.1 Å². The summed E-state index contributed by atoms with van der Waals surface area (Å²) in [4.78, 5) is 8.57. The highest BCUT2D eigenvalue weighted by Gasteiger charge is 2.09. The van der Waals surface area contributed by atoms with Crippen LogP contribution in [0.25, 0.3) is 21.8 Å². The minimum Gasteiger partial charge on any atom is -0.394 e. The van der Waals surface area contributed by atoms with Crippen LogP contribution >= 0.6 is 0 Å². The van der Waals surface area contributed by atoms with Crippen molar-refractivity contribution in [3.63, 3.8) is 0 Å². The lowest BCUT2D eigenvalue weighted by Gasteiger charge is -2.08. The first-order valence-corrected chi connectivity index (χ1v) is 7.38. The number of aromatic nitrogens is 4. The molecular weight excluding hydrogens is 290 g/mol. The summed E-state index contributed by atoms with van der Waals surface area (Å²) in [7, 11) is 0. The van der Waals surface area contributed by atoms with Crippen LogP contribution in [0.2, 0.25) is 0 Å². The highest BCUT2D eigenvalue weighted by Crippen LogP contribution is 2.25. The Morgan fingerprint density at radius 2 is 1.91 bits per heavy atom. The maximum atomic E-state index is 9.08. The summed E-state index contributed by atoms with van der Waals surface area (Å²) in [6, 6.07) is 14.4. The molecule has 0 spiro atoms. The molecule has 0 saturated carbocycles. The van der Waals surface area contributed by atoms with E-state index >= 15 is 0 Å². The second-order valence-corrected chi connectivity index (χ2v) is 5.24. The SMILES string of the molecule is OCCn1ncc2c(Nc3ccc4ccccc4c3)ncnc21. The molecule has 0 aliphatic carbocycles. The molecule has 4 rings (SSSR count). The Balaban J connectivity index is 1.73. The van der Waals surface area contributed by atoms with Crippen molar-refractivity contribution >= 4 is 33.3 Å². The van der Waals surface area contributed by atoms with Crippen molar-refractivity contribution in [3.05, 3.63) is 55.0 Å². The van der Waals surface area contributed by atoms with E-state index in [1.165, 1.54) is 17.1 Å². The van der Waals surface area contributed by atoms with Crippen molar-refractivity contribution in [1.29, 1.82) is 0 Å². The van der Waals surface area contributed by atoms with Gasteiger partial charge in [-0.05, 0) is 22.9 Å². The molecule has 2 N–H and O–H groups in total. The predicted molar refractivity (Wildman–Crippen MR) is 89.6 cm³/mol. The molecule has 114 valence electrons. The van der Waals surface area contributed by atoms with E-state index in [4.69, 9.17) is 5.11 Å². The zero-order chi connectivity index (χ0) is 15.6. The fourth-order valence-corrected chi connectivity index (χ4v) is 2.65. The van der Waals surface area contributed by atoms with Gasteiger partial charge in [0.1, 0.15) is 12.1 Å². The van der Waals surface area contributed by atoms with Gasteiger partial charge in [0.05, 0.1) is 24.7 Å². The van der Waals surface area contributed by atoms with Crippen LogP contribution in [0.15, 0.2) is 55.0 Å². The zero-order valence-electron chi connectivity index (χ0n) is 12.3. The lowest BCUT2D eigenvalue weighted by atomic mass is 10.1. The largest absolute Gasteiger partial charge is 0.394 e. The fourth-order valence-electron chi connectivity index (χ4n) is 2.65. The van der Waals surface area contributed by atoms with Gasteiger partial charge in [-0.25, -0.2) is 14.6 Å².